The third kappa shape index (κ3) is 3.62. The lowest BCUT2D eigenvalue weighted by Gasteiger charge is -2.09. The maximum Gasteiger partial charge on any atom is 0.278 e. The number of sulfonamides is 1. The number of nitrogens with zero attached hydrogens (tertiary/aromatic N) is 1. The molecule has 0 aliphatic heterocycles. The van der Waals surface area contributed by atoms with Gasteiger partial charge < -0.3 is 0 Å². The Hall–Kier alpha value is -2.54. The zero-order chi connectivity index (χ0) is 16.4. The van der Waals surface area contributed by atoms with Gasteiger partial charge in [-0.3, -0.25) is 15.1 Å². The van der Waals surface area contributed by atoms with E-state index in [2.05, 4.69) is 9.71 Å². The average molecular weight is 331 g/mol. The number of aromatic nitrogens is 1. The summed E-state index contributed by atoms with van der Waals surface area (Å²) in [6.07, 6.45) is 7.97. The zero-order valence-corrected chi connectivity index (χ0v) is 12.9. The summed E-state index contributed by atoms with van der Waals surface area (Å²) in [7, 11) is -4.08. The van der Waals surface area contributed by atoms with Crippen LogP contribution in [0.3, 0.4) is 0 Å². The van der Waals surface area contributed by atoms with Gasteiger partial charge in [0.15, 0.2) is 5.04 Å². The summed E-state index contributed by atoms with van der Waals surface area (Å²) in [6.45, 7) is 0. The molecular formula is C16H14FN3O2S. The van der Waals surface area contributed by atoms with Crippen molar-refractivity contribution in [1.82, 2.24) is 4.98 Å². The highest BCUT2D eigenvalue weighted by Gasteiger charge is 2.18. The van der Waals surface area contributed by atoms with Crippen molar-refractivity contribution >= 4 is 31.7 Å². The molecular weight excluding hydrogens is 317 g/mol. The summed E-state index contributed by atoms with van der Waals surface area (Å²) in [5, 5.41) is 7.60. The minimum absolute atomic E-state index is 0.0173. The predicted octanol–water partition coefficient (Wildman–Crippen LogP) is 3.37. The van der Waals surface area contributed by atoms with E-state index < -0.39 is 20.9 Å². The lowest BCUT2D eigenvalue weighted by Crippen LogP contribution is -2.21. The van der Waals surface area contributed by atoms with Crippen LogP contribution in [-0.2, 0) is 10.0 Å². The molecule has 23 heavy (non-hydrogen) atoms. The van der Waals surface area contributed by atoms with Gasteiger partial charge in [-0.1, -0.05) is 23.8 Å². The number of anilines is 1. The molecule has 0 unspecified atom stereocenters. The average Bonchev–Trinajstić information content (AvgIpc) is 3.30. The summed E-state index contributed by atoms with van der Waals surface area (Å²) < 4.78 is 40.3. The molecule has 118 valence electrons. The molecule has 5 nitrogen and oxygen atoms in total. The molecule has 1 aromatic carbocycles. The Labute approximate surface area is 133 Å². The summed E-state index contributed by atoms with van der Waals surface area (Å²) in [5.74, 6) is -0.578. The second-order valence-corrected chi connectivity index (χ2v) is 6.82. The Morgan fingerprint density at radius 1 is 1.43 bits per heavy atom. The summed E-state index contributed by atoms with van der Waals surface area (Å²) in [6, 6.07) is 5.60. The van der Waals surface area contributed by atoms with E-state index in [1.807, 2.05) is 6.08 Å². The van der Waals surface area contributed by atoms with E-state index in [0.717, 1.165) is 12.5 Å². The van der Waals surface area contributed by atoms with Crippen molar-refractivity contribution < 1.29 is 12.8 Å². The first-order valence-corrected chi connectivity index (χ1v) is 8.44. The second kappa shape index (κ2) is 5.92. The topological polar surface area (TPSA) is 82.9 Å². The minimum atomic E-state index is -4.08. The first-order chi connectivity index (χ1) is 11.0. The lowest BCUT2D eigenvalue weighted by atomic mass is 10.2. The van der Waals surface area contributed by atoms with Gasteiger partial charge in [-0.2, -0.15) is 8.42 Å². The number of nitrogens with one attached hydrogen (secondary N) is 2. The van der Waals surface area contributed by atoms with Gasteiger partial charge in [-0.25, -0.2) is 4.39 Å². The summed E-state index contributed by atoms with van der Waals surface area (Å²) in [5.41, 5.74) is 1.57. The lowest BCUT2D eigenvalue weighted by molar-refractivity contribution is 0.611. The van der Waals surface area contributed by atoms with Crippen LogP contribution in [0.1, 0.15) is 12.8 Å². The number of halogens is 1. The zero-order valence-electron chi connectivity index (χ0n) is 12.1. The van der Waals surface area contributed by atoms with Crippen LogP contribution in [0.4, 0.5) is 10.1 Å². The van der Waals surface area contributed by atoms with E-state index in [9.17, 15) is 12.8 Å². The Bertz CT molecular complexity index is 949. The van der Waals surface area contributed by atoms with Gasteiger partial charge in [-0.05, 0) is 31.1 Å². The van der Waals surface area contributed by atoms with E-state index in [1.54, 1.807) is 18.2 Å². The fraction of sp³-hybridized carbons (Fsp3) is 0.125. The molecule has 0 spiro atoms. The fourth-order valence-electron chi connectivity index (χ4n) is 2.08. The van der Waals surface area contributed by atoms with Crippen molar-refractivity contribution in [2.24, 2.45) is 0 Å². The minimum Gasteiger partial charge on any atom is -0.288 e. The van der Waals surface area contributed by atoms with Gasteiger partial charge >= 0.3 is 0 Å². The van der Waals surface area contributed by atoms with Crippen molar-refractivity contribution in [2.75, 3.05) is 4.72 Å². The molecule has 7 heteroatoms. The quantitative estimate of drug-likeness (QED) is 0.500. The molecule has 0 fully saturated rings. The van der Waals surface area contributed by atoms with Gasteiger partial charge in [-0.15, -0.1) is 0 Å². The number of rotatable bonds is 5. The first kappa shape index (κ1) is 15.4. The summed E-state index contributed by atoms with van der Waals surface area (Å²) >= 11 is 0. The van der Waals surface area contributed by atoms with Gasteiger partial charge in [0, 0.05) is 17.6 Å². The normalized spacial score (nSPS) is 14.0. The number of benzene rings is 1. The number of fused-ring (bicyclic) bond motifs is 1. The third-order valence-electron chi connectivity index (χ3n) is 3.35. The van der Waals surface area contributed by atoms with E-state index in [4.69, 9.17) is 5.41 Å². The highest BCUT2D eigenvalue weighted by molar-refractivity contribution is 8.07. The van der Waals surface area contributed by atoms with Crippen LogP contribution in [0.15, 0.2) is 54.3 Å². The molecule has 0 atom stereocenters. The van der Waals surface area contributed by atoms with E-state index >= 15 is 0 Å². The number of pyridine rings is 1. The third-order valence-corrected chi connectivity index (χ3v) is 4.55. The van der Waals surface area contributed by atoms with Crippen molar-refractivity contribution in [2.45, 2.75) is 12.8 Å². The number of hydrogen-bond donors (Lipinski definition) is 2. The molecule has 1 aliphatic carbocycles. The fourth-order valence-corrected chi connectivity index (χ4v) is 2.91. The number of hydrogen-bond acceptors (Lipinski definition) is 4. The van der Waals surface area contributed by atoms with E-state index in [1.165, 1.54) is 23.9 Å². The Kier molecular flexibility index (Phi) is 3.96. The predicted molar refractivity (Wildman–Crippen MR) is 88.4 cm³/mol. The largest absolute Gasteiger partial charge is 0.288 e. The van der Waals surface area contributed by atoms with Crippen LogP contribution < -0.4 is 4.72 Å². The molecule has 0 radical (unpaired) electrons. The first-order valence-electron chi connectivity index (χ1n) is 6.96. The van der Waals surface area contributed by atoms with Gasteiger partial charge in [0.2, 0.25) is 0 Å². The van der Waals surface area contributed by atoms with Crippen LogP contribution in [0.2, 0.25) is 0 Å². The monoisotopic (exact) mass is 331 g/mol. The Morgan fingerprint density at radius 3 is 2.96 bits per heavy atom. The Balaban J connectivity index is 1.86. The highest BCUT2D eigenvalue weighted by Crippen LogP contribution is 2.24. The molecule has 1 aromatic heterocycles. The number of allylic oxidation sites excluding steroid dienone is 3. The maximum absolute atomic E-state index is 13.6. The van der Waals surface area contributed by atoms with E-state index in [0.29, 0.717) is 17.3 Å². The van der Waals surface area contributed by atoms with Crippen LogP contribution in [-0.4, -0.2) is 18.4 Å². The standard InChI is InChI=1S/C16H14FN3O2S/c17-13-9-12-4-2-8-19-16(12)14(10-13)20-23(21,22)15(18)5-1-3-11-6-7-11/h1-2,4-6,8-10,18,20H,3,7H2/b5-1-,18-15?. The SMILES string of the molecule is N=C(/C=C\CC1=CC1)S(=O)(=O)Nc1cc(F)cc2cccnc12. The molecule has 1 aliphatic rings. The molecule has 0 saturated carbocycles. The molecule has 1 heterocycles. The molecule has 0 bridgehead atoms. The molecule has 0 saturated heterocycles. The Morgan fingerprint density at radius 2 is 2.22 bits per heavy atom. The van der Waals surface area contributed by atoms with Crippen molar-refractivity contribution in [3.8, 4) is 0 Å². The van der Waals surface area contributed by atoms with Crippen LogP contribution >= 0.6 is 0 Å². The van der Waals surface area contributed by atoms with Gasteiger partial charge in [0.1, 0.15) is 5.82 Å². The molecule has 2 N–H and O–H groups in total. The van der Waals surface area contributed by atoms with Crippen molar-refractivity contribution in [1.29, 1.82) is 5.41 Å². The smallest absolute Gasteiger partial charge is 0.278 e. The van der Waals surface area contributed by atoms with Crippen LogP contribution in [0, 0.1) is 11.2 Å². The van der Waals surface area contributed by atoms with Crippen LogP contribution in [0.25, 0.3) is 10.9 Å². The van der Waals surface area contributed by atoms with Gasteiger partial charge in [0.05, 0.1) is 11.2 Å². The van der Waals surface area contributed by atoms with Crippen molar-refractivity contribution in [3.63, 3.8) is 0 Å². The maximum atomic E-state index is 13.6. The van der Waals surface area contributed by atoms with E-state index in [-0.39, 0.29) is 5.69 Å². The van der Waals surface area contributed by atoms with Crippen LogP contribution in [0.5, 0.6) is 0 Å². The molecule has 2 aromatic rings. The second-order valence-electron chi connectivity index (χ2n) is 5.17. The molecule has 3 rings (SSSR count). The highest BCUT2D eigenvalue weighted by atomic mass is 32.2. The van der Waals surface area contributed by atoms with Crippen molar-refractivity contribution in [3.05, 3.63) is 60.1 Å². The van der Waals surface area contributed by atoms with Gasteiger partial charge in [0.25, 0.3) is 10.0 Å². The molecule has 0 amide bonds. The summed E-state index contributed by atoms with van der Waals surface area (Å²) in [4.78, 5) is 4.07.